The van der Waals surface area contributed by atoms with Crippen LogP contribution in [0.5, 0.6) is 0 Å². The predicted molar refractivity (Wildman–Crippen MR) is 75.1 cm³/mol. The fourth-order valence-electron chi connectivity index (χ4n) is 2.12. The summed E-state index contributed by atoms with van der Waals surface area (Å²) >= 11 is 0. The topological polar surface area (TPSA) is 95.7 Å². The summed E-state index contributed by atoms with van der Waals surface area (Å²) < 4.78 is 9.27. The molecule has 0 aliphatic heterocycles. The van der Waals surface area contributed by atoms with E-state index >= 15 is 0 Å². The quantitative estimate of drug-likeness (QED) is 0.863. The van der Waals surface area contributed by atoms with E-state index in [-0.39, 0.29) is 11.1 Å². The number of esters is 2. The highest BCUT2D eigenvalue weighted by Gasteiger charge is 2.19. The second-order valence-electron chi connectivity index (χ2n) is 4.27. The van der Waals surface area contributed by atoms with Crippen molar-refractivity contribution in [2.24, 2.45) is 5.73 Å². The molecule has 0 aliphatic carbocycles. The van der Waals surface area contributed by atoms with Crippen molar-refractivity contribution in [3.05, 3.63) is 47.0 Å². The van der Waals surface area contributed by atoms with Crippen LogP contribution in [0.3, 0.4) is 0 Å². The van der Waals surface area contributed by atoms with Crippen molar-refractivity contribution in [1.29, 1.82) is 0 Å². The molecule has 0 spiro atoms. The SMILES string of the molecule is COC(=O)c1ccc2c(C(N)=O)c(C(=O)OC)ccc2c1. The molecule has 2 rings (SSSR count). The largest absolute Gasteiger partial charge is 0.465 e. The maximum absolute atomic E-state index is 11.7. The summed E-state index contributed by atoms with van der Waals surface area (Å²) in [6, 6.07) is 7.67. The van der Waals surface area contributed by atoms with Crippen LogP contribution in [-0.4, -0.2) is 32.1 Å². The molecule has 2 aromatic rings. The first kappa shape index (κ1) is 14.5. The Hall–Kier alpha value is -2.89. The molecule has 0 aromatic heterocycles. The van der Waals surface area contributed by atoms with E-state index < -0.39 is 17.8 Å². The van der Waals surface area contributed by atoms with Gasteiger partial charge in [0.2, 0.25) is 5.91 Å². The van der Waals surface area contributed by atoms with E-state index in [0.29, 0.717) is 16.3 Å². The lowest BCUT2D eigenvalue weighted by Crippen LogP contribution is -2.17. The Kier molecular flexibility index (Phi) is 3.89. The van der Waals surface area contributed by atoms with Gasteiger partial charge in [0.1, 0.15) is 0 Å². The summed E-state index contributed by atoms with van der Waals surface area (Å²) in [7, 11) is 2.50. The summed E-state index contributed by atoms with van der Waals surface area (Å²) in [5.74, 6) is -1.89. The van der Waals surface area contributed by atoms with E-state index in [1.807, 2.05) is 0 Å². The van der Waals surface area contributed by atoms with Crippen LogP contribution in [0.1, 0.15) is 31.1 Å². The average molecular weight is 287 g/mol. The maximum atomic E-state index is 11.7. The molecule has 2 aromatic carbocycles. The molecule has 6 nitrogen and oxygen atoms in total. The molecular weight excluding hydrogens is 274 g/mol. The molecule has 0 saturated carbocycles. The van der Waals surface area contributed by atoms with Crippen LogP contribution in [0.2, 0.25) is 0 Å². The zero-order valence-electron chi connectivity index (χ0n) is 11.5. The van der Waals surface area contributed by atoms with Crippen LogP contribution in [0, 0.1) is 0 Å². The first-order chi connectivity index (χ1) is 9.99. The van der Waals surface area contributed by atoms with E-state index in [4.69, 9.17) is 5.73 Å². The van der Waals surface area contributed by atoms with Crippen LogP contribution < -0.4 is 5.73 Å². The van der Waals surface area contributed by atoms with E-state index in [9.17, 15) is 14.4 Å². The lowest BCUT2D eigenvalue weighted by atomic mass is 9.97. The van der Waals surface area contributed by atoms with Crippen molar-refractivity contribution >= 4 is 28.6 Å². The number of amides is 1. The number of methoxy groups -OCH3 is 2. The standard InChI is InChI=1S/C15H13NO5/c1-20-14(18)9-4-5-10-8(7-9)3-6-11(15(19)21-2)12(10)13(16)17/h3-7H,1-2H3,(H2,16,17). The van der Waals surface area contributed by atoms with Gasteiger partial charge < -0.3 is 15.2 Å². The number of rotatable bonds is 3. The zero-order valence-corrected chi connectivity index (χ0v) is 11.5. The Balaban J connectivity index is 2.73. The van der Waals surface area contributed by atoms with Crippen LogP contribution >= 0.6 is 0 Å². The number of ether oxygens (including phenoxy) is 2. The highest BCUT2D eigenvalue weighted by Crippen LogP contribution is 2.24. The minimum absolute atomic E-state index is 0.0655. The van der Waals surface area contributed by atoms with Gasteiger partial charge in [0.15, 0.2) is 0 Å². The van der Waals surface area contributed by atoms with E-state index in [0.717, 1.165) is 0 Å². The molecule has 6 heteroatoms. The van der Waals surface area contributed by atoms with Gasteiger partial charge in [0, 0.05) is 0 Å². The van der Waals surface area contributed by atoms with Crippen LogP contribution in [0.4, 0.5) is 0 Å². The second-order valence-corrected chi connectivity index (χ2v) is 4.27. The lowest BCUT2D eigenvalue weighted by Gasteiger charge is -2.10. The minimum Gasteiger partial charge on any atom is -0.465 e. The summed E-state index contributed by atoms with van der Waals surface area (Å²) in [5.41, 5.74) is 5.85. The summed E-state index contributed by atoms with van der Waals surface area (Å²) in [5, 5.41) is 1.07. The first-order valence-electron chi connectivity index (χ1n) is 6.02. The minimum atomic E-state index is -0.744. The molecule has 0 fully saturated rings. The van der Waals surface area contributed by atoms with Gasteiger partial charge in [-0.15, -0.1) is 0 Å². The van der Waals surface area contributed by atoms with Crippen LogP contribution in [0.25, 0.3) is 10.8 Å². The van der Waals surface area contributed by atoms with Crippen LogP contribution in [0.15, 0.2) is 30.3 Å². The molecule has 0 unspecified atom stereocenters. The third-order valence-electron chi connectivity index (χ3n) is 3.09. The normalized spacial score (nSPS) is 10.2. The van der Waals surface area contributed by atoms with Crippen molar-refractivity contribution in [3.63, 3.8) is 0 Å². The summed E-state index contributed by atoms with van der Waals surface area (Å²) in [6.07, 6.45) is 0. The molecule has 0 bridgehead atoms. The van der Waals surface area contributed by atoms with Crippen LogP contribution in [-0.2, 0) is 9.47 Å². The smallest absolute Gasteiger partial charge is 0.338 e. The molecule has 21 heavy (non-hydrogen) atoms. The molecule has 0 saturated heterocycles. The van der Waals surface area contributed by atoms with Crippen molar-refractivity contribution in [1.82, 2.24) is 0 Å². The predicted octanol–water partition coefficient (Wildman–Crippen LogP) is 1.51. The van der Waals surface area contributed by atoms with Gasteiger partial charge >= 0.3 is 11.9 Å². The fourth-order valence-corrected chi connectivity index (χ4v) is 2.12. The third-order valence-corrected chi connectivity index (χ3v) is 3.09. The molecular formula is C15H13NO5. The Bertz CT molecular complexity index is 751. The Morgan fingerprint density at radius 2 is 1.62 bits per heavy atom. The monoisotopic (exact) mass is 287 g/mol. The number of hydrogen-bond acceptors (Lipinski definition) is 5. The number of fused-ring (bicyclic) bond motifs is 1. The van der Waals surface area contributed by atoms with E-state index in [1.54, 1.807) is 18.2 Å². The molecule has 2 N–H and O–H groups in total. The fraction of sp³-hybridized carbons (Fsp3) is 0.133. The van der Waals surface area contributed by atoms with Gasteiger partial charge in [0.25, 0.3) is 0 Å². The molecule has 0 heterocycles. The average Bonchev–Trinajstić information content (AvgIpc) is 2.51. The number of benzene rings is 2. The van der Waals surface area contributed by atoms with Gasteiger partial charge in [0.05, 0.1) is 30.9 Å². The number of carbonyl (C=O) groups is 3. The van der Waals surface area contributed by atoms with Crippen molar-refractivity contribution in [3.8, 4) is 0 Å². The molecule has 0 atom stereocenters. The molecule has 1 amide bonds. The molecule has 108 valence electrons. The van der Waals surface area contributed by atoms with Crippen molar-refractivity contribution < 1.29 is 23.9 Å². The number of carbonyl (C=O) groups excluding carboxylic acids is 3. The zero-order chi connectivity index (χ0) is 15.6. The Labute approximate surface area is 120 Å². The maximum Gasteiger partial charge on any atom is 0.338 e. The van der Waals surface area contributed by atoms with Gasteiger partial charge in [-0.1, -0.05) is 12.1 Å². The second kappa shape index (κ2) is 5.62. The van der Waals surface area contributed by atoms with Crippen molar-refractivity contribution in [2.75, 3.05) is 14.2 Å². The van der Waals surface area contributed by atoms with E-state index in [1.165, 1.54) is 26.4 Å². The van der Waals surface area contributed by atoms with Gasteiger partial charge in [-0.3, -0.25) is 4.79 Å². The van der Waals surface area contributed by atoms with Crippen molar-refractivity contribution in [2.45, 2.75) is 0 Å². The Morgan fingerprint density at radius 3 is 2.19 bits per heavy atom. The summed E-state index contributed by atoms with van der Waals surface area (Å²) in [4.78, 5) is 34.9. The number of hydrogen-bond donors (Lipinski definition) is 1. The third kappa shape index (κ3) is 2.55. The highest BCUT2D eigenvalue weighted by atomic mass is 16.5. The first-order valence-corrected chi connectivity index (χ1v) is 6.02. The van der Waals surface area contributed by atoms with E-state index in [2.05, 4.69) is 9.47 Å². The Morgan fingerprint density at radius 1 is 0.952 bits per heavy atom. The van der Waals surface area contributed by atoms with Gasteiger partial charge in [-0.25, -0.2) is 9.59 Å². The lowest BCUT2D eigenvalue weighted by molar-refractivity contribution is 0.0590. The molecule has 0 aliphatic rings. The highest BCUT2D eigenvalue weighted by molar-refractivity contribution is 6.14. The summed E-state index contributed by atoms with van der Waals surface area (Å²) in [6.45, 7) is 0. The van der Waals surface area contributed by atoms with Gasteiger partial charge in [-0.2, -0.15) is 0 Å². The molecule has 0 radical (unpaired) electrons. The number of nitrogens with two attached hydrogens (primary N) is 1. The van der Waals surface area contributed by atoms with Gasteiger partial charge in [-0.05, 0) is 29.0 Å². The number of primary amides is 1.